The van der Waals surface area contributed by atoms with Crippen LogP contribution in [0.3, 0.4) is 0 Å². The first-order valence-corrected chi connectivity index (χ1v) is 7.30. The molecule has 1 aromatic carbocycles. The molecule has 0 bridgehead atoms. The van der Waals surface area contributed by atoms with Crippen molar-refractivity contribution in [2.24, 2.45) is 0 Å². The summed E-state index contributed by atoms with van der Waals surface area (Å²) >= 11 is 1.12. The van der Waals surface area contributed by atoms with Crippen LogP contribution in [0.15, 0.2) is 30.3 Å². The van der Waals surface area contributed by atoms with Crippen molar-refractivity contribution in [3.63, 3.8) is 0 Å². The number of hydrogen-bond acceptors (Lipinski definition) is 6. The van der Waals surface area contributed by atoms with Gasteiger partial charge in [-0.3, -0.25) is 10.6 Å². The van der Waals surface area contributed by atoms with Gasteiger partial charge >= 0.3 is 12.2 Å². The number of amides is 2. The van der Waals surface area contributed by atoms with Gasteiger partial charge in [0.05, 0.1) is 13.7 Å². The highest BCUT2D eigenvalue weighted by Gasteiger charge is 2.17. The second-order valence-corrected chi connectivity index (χ2v) is 5.02. The number of carbonyl (C=O) groups excluding carboxylic acids is 2. The summed E-state index contributed by atoms with van der Waals surface area (Å²) in [6.45, 7) is 1.97. The maximum atomic E-state index is 11.5. The van der Waals surface area contributed by atoms with Crippen molar-refractivity contribution in [1.29, 1.82) is 0 Å². The molecular formula is C14H15N3O4S. The number of anilines is 2. The van der Waals surface area contributed by atoms with Crippen LogP contribution in [0.1, 0.15) is 6.92 Å². The van der Waals surface area contributed by atoms with Crippen LogP contribution in [-0.2, 0) is 9.47 Å². The number of methoxy groups -OCH3 is 1. The van der Waals surface area contributed by atoms with Crippen molar-refractivity contribution < 1.29 is 19.1 Å². The second kappa shape index (κ2) is 7.41. The van der Waals surface area contributed by atoms with Gasteiger partial charge in [0, 0.05) is 5.56 Å². The van der Waals surface area contributed by atoms with E-state index in [9.17, 15) is 9.59 Å². The fraction of sp³-hybridized carbons (Fsp3) is 0.214. The Labute approximate surface area is 131 Å². The van der Waals surface area contributed by atoms with Gasteiger partial charge in [0.1, 0.15) is 10.7 Å². The molecule has 0 atom stereocenters. The molecule has 2 rings (SSSR count). The van der Waals surface area contributed by atoms with Crippen LogP contribution in [0.25, 0.3) is 11.3 Å². The van der Waals surface area contributed by atoms with Crippen molar-refractivity contribution in [3.05, 3.63) is 30.3 Å². The Bertz CT molecular complexity index is 657. The molecule has 116 valence electrons. The molecule has 0 radical (unpaired) electrons. The highest BCUT2D eigenvalue weighted by atomic mass is 32.1. The number of nitrogens with zero attached hydrogens (tertiary/aromatic N) is 1. The van der Waals surface area contributed by atoms with E-state index in [1.165, 1.54) is 7.11 Å². The monoisotopic (exact) mass is 321 g/mol. The molecule has 7 nitrogen and oxygen atoms in total. The first kappa shape index (κ1) is 15.8. The zero-order chi connectivity index (χ0) is 15.9. The van der Waals surface area contributed by atoms with Gasteiger partial charge in [-0.2, -0.15) is 0 Å². The van der Waals surface area contributed by atoms with Crippen molar-refractivity contribution in [2.75, 3.05) is 24.4 Å². The zero-order valence-corrected chi connectivity index (χ0v) is 12.9. The van der Waals surface area contributed by atoms with Gasteiger partial charge in [-0.05, 0) is 6.92 Å². The molecule has 0 saturated carbocycles. The summed E-state index contributed by atoms with van der Waals surface area (Å²) in [6.07, 6.45) is -1.20. The standard InChI is InChI=1S/C14H15N3O4S/c1-3-21-14(19)17-12-15-10(9-7-5-4-6-8-9)11(22-12)16-13(18)20-2/h4-8H,3H2,1-2H3,(H,16,18)(H,15,17,19). The van der Waals surface area contributed by atoms with Crippen molar-refractivity contribution >= 4 is 33.7 Å². The van der Waals surface area contributed by atoms with Crippen LogP contribution >= 0.6 is 11.3 Å². The minimum atomic E-state index is -0.608. The number of rotatable bonds is 4. The average molecular weight is 321 g/mol. The lowest BCUT2D eigenvalue weighted by Crippen LogP contribution is -2.12. The Balaban J connectivity index is 2.31. The van der Waals surface area contributed by atoms with Crippen LogP contribution in [-0.4, -0.2) is 30.9 Å². The number of aromatic nitrogens is 1. The van der Waals surface area contributed by atoms with Gasteiger partial charge in [-0.1, -0.05) is 41.7 Å². The van der Waals surface area contributed by atoms with E-state index >= 15 is 0 Å². The average Bonchev–Trinajstić information content (AvgIpc) is 2.90. The minimum Gasteiger partial charge on any atom is -0.453 e. The van der Waals surface area contributed by atoms with E-state index in [0.29, 0.717) is 15.8 Å². The van der Waals surface area contributed by atoms with Gasteiger partial charge in [-0.15, -0.1) is 0 Å². The maximum Gasteiger partial charge on any atom is 0.413 e. The molecule has 0 saturated heterocycles. The van der Waals surface area contributed by atoms with Crippen LogP contribution in [0.2, 0.25) is 0 Å². The highest BCUT2D eigenvalue weighted by molar-refractivity contribution is 7.20. The van der Waals surface area contributed by atoms with Gasteiger partial charge in [-0.25, -0.2) is 14.6 Å². The second-order valence-electron chi connectivity index (χ2n) is 4.02. The van der Waals surface area contributed by atoms with E-state index in [1.54, 1.807) is 6.92 Å². The smallest absolute Gasteiger partial charge is 0.413 e. The molecule has 0 aliphatic heterocycles. The zero-order valence-electron chi connectivity index (χ0n) is 12.1. The molecular weight excluding hydrogens is 306 g/mol. The van der Waals surface area contributed by atoms with E-state index in [4.69, 9.17) is 4.74 Å². The van der Waals surface area contributed by atoms with Gasteiger partial charge in [0.15, 0.2) is 5.13 Å². The van der Waals surface area contributed by atoms with Gasteiger partial charge in [0.25, 0.3) is 0 Å². The number of carbonyl (C=O) groups is 2. The third-order valence-corrected chi connectivity index (χ3v) is 3.45. The summed E-state index contributed by atoms with van der Waals surface area (Å²) < 4.78 is 9.40. The number of hydrogen-bond donors (Lipinski definition) is 2. The molecule has 0 aliphatic carbocycles. The van der Waals surface area contributed by atoms with Crippen LogP contribution in [0, 0.1) is 0 Å². The Morgan fingerprint density at radius 2 is 1.91 bits per heavy atom. The molecule has 22 heavy (non-hydrogen) atoms. The molecule has 0 spiro atoms. The minimum absolute atomic E-state index is 0.260. The first-order chi connectivity index (χ1) is 10.6. The maximum absolute atomic E-state index is 11.5. The molecule has 2 amide bonds. The van der Waals surface area contributed by atoms with Crippen molar-refractivity contribution in [1.82, 2.24) is 4.98 Å². The summed E-state index contributed by atoms with van der Waals surface area (Å²) in [4.78, 5) is 27.2. The Kier molecular flexibility index (Phi) is 5.31. The fourth-order valence-electron chi connectivity index (χ4n) is 1.65. The molecule has 1 heterocycles. The quantitative estimate of drug-likeness (QED) is 0.898. The largest absolute Gasteiger partial charge is 0.453 e. The van der Waals surface area contributed by atoms with E-state index < -0.39 is 12.2 Å². The SMILES string of the molecule is CCOC(=O)Nc1nc(-c2ccccc2)c(NC(=O)OC)s1. The van der Waals surface area contributed by atoms with Crippen LogP contribution < -0.4 is 10.6 Å². The third-order valence-electron chi connectivity index (χ3n) is 2.56. The fourth-order valence-corrected chi connectivity index (χ4v) is 2.51. The summed E-state index contributed by atoms with van der Waals surface area (Å²) in [6, 6.07) is 9.29. The number of nitrogens with one attached hydrogen (secondary N) is 2. The molecule has 8 heteroatoms. The van der Waals surface area contributed by atoms with Gasteiger partial charge < -0.3 is 9.47 Å². The summed E-state index contributed by atoms with van der Waals surface area (Å²) in [7, 11) is 1.27. The summed E-state index contributed by atoms with van der Waals surface area (Å²) in [5, 5.41) is 5.91. The van der Waals surface area contributed by atoms with E-state index in [-0.39, 0.29) is 6.61 Å². The predicted molar refractivity (Wildman–Crippen MR) is 84.2 cm³/mol. The lowest BCUT2D eigenvalue weighted by atomic mass is 10.2. The van der Waals surface area contributed by atoms with Gasteiger partial charge in [0.2, 0.25) is 0 Å². The molecule has 2 N–H and O–H groups in total. The normalized spacial score (nSPS) is 9.91. The molecule has 1 aromatic heterocycles. The first-order valence-electron chi connectivity index (χ1n) is 6.49. The molecule has 0 aliphatic rings. The number of ether oxygens (including phenoxy) is 2. The van der Waals surface area contributed by atoms with Crippen molar-refractivity contribution in [2.45, 2.75) is 6.92 Å². The summed E-state index contributed by atoms with van der Waals surface area (Å²) in [5.74, 6) is 0. The lowest BCUT2D eigenvalue weighted by molar-refractivity contribution is 0.168. The number of benzene rings is 1. The Morgan fingerprint density at radius 1 is 1.18 bits per heavy atom. The molecule has 0 unspecified atom stereocenters. The Hall–Kier alpha value is -2.61. The van der Waals surface area contributed by atoms with Crippen LogP contribution in [0.5, 0.6) is 0 Å². The third kappa shape index (κ3) is 3.95. The molecule has 2 aromatic rings. The Morgan fingerprint density at radius 3 is 2.55 bits per heavy atom. The van der Waals surface area contributed by atoms with E-state index in [0.717, 1.165) is 16.9 Å². The van der Waals surface area contributed by atoms with Crippen LogP contribution in [0.4, 0.5) is 19.7 Å². The topological polar surface area (TPSA) is 89.5 Å². The summed E-state index contributed by atoms with van der Waals surface area (Å²) in [5.41, 5.74) is 1.35. The lowest BCUT2D eigenvalue weighted by Gasteiger charge is -2.03. The highest BCUT2D eigenvalue weighted by Crippen LogP contribution is 2.35. The molecule has 0 fully saturated rings. The van der Waals surface area contributed by atoms with Crippen molar-refractivity contribution in [3.8, 4) is 11.3 Å². The van der Waals surface area contributed by atoms with E-state index in [2.05, 4.69) is 20.4 Å². The predicted octanol–water partition coefficient (Wildman–Crippen LogP) is 3.56. The van der Waals surface area contributed by atoms with E-state index in [1.807, 2.05) is 30.3 Å². The number of thiazole rings is 1.